The molecule has 0 bridgehead atoms. The van der Waals surface area contributed by atoms with Crippen LogP contribution < -0.4 is 0 Å². The molecule has 1 aromatic heterocycles. The number of aromatic nitrogens is 2. The summed E-state index contributed by atoms with van der Waals surface area (Å²) in [5.74, 6) is -0.756. The fourth-order valence-electron chi connectivity index (χ4n) is 2.29. The van der Waals surface area contributed by atoms with Crippen molar-refractivity contribution in [2.75, 3.05) is 25.4 Å². The highest BCUT2D eigenvalue weighted by atomic mass is 32.2. The van der Waals surface area contributed by atoms with E-state index in [2.05, 4.69) is 4.98 Å². The molecule has 9 heteroatoms. The summed E-state index contributed by atoms with van der Waals surface area (Å²) in [6, 6.07) is 5.56. The van der Waals surface area contributed by atoms with Crippen LogP contribution in [-0.4, -0.2) is 54.4 Å². The zero-order valence-electron chi connectivity index (χ0n) is 12.1. The van der Waals surface area contributed by atoms with Crippen molar-refractivity contribution in [2.45, 2.75) is 5.16 Å². The monoisotopic (exact) mass is 339 g/mol. The van der Waals surface area contributed by atoms with Crippen LogP contribution in [0.3, 0.4) is 0 Å². The van der Waals surface area contributed by atoms with Gasteiger partial charge < -0.3 is 9.64 Å². The van der Waals surface area contributed by atoms with Gasteiger partial charge in [-0.25, -0.2) is 22.6 Å². The zero-order valence-corrected chi connectivity index (χ0v) is 12.9. The molecule has 0 aliphatic carbocycles. The summed E-state index contributed by atoms with van der Waals surface area (Å²) in [4.78, 5) is 16.6. The van der Waals surface area contributed by atoms with Crippen molar-refractivity contribution in [1.82, 2.24) is 14.5 Å². The van der Waals surface area contributed by atoms with Gasteiger partial charge in [0, 0.05) is 18.9 Å². The molecule has 1 aliphatic heterocycles. The molecule has 2 aromatic rings. The fourth-order valence-corrected chi connectivity index (χ4v) is 3.62. The zero-order chi connectivity index (χ0) is 16.4. The summed E-state index contributed by atoms with van der Waals surface area (Å²) in [5, 5.41) is -0.185. The molecule has 1 saturated heterocycles. The minimum Gasteiger partial charge on any atom is -0.448 e. The summed E-state index contributed by atoms with van der Waals surface area (Å²) in [6.07, 6.45) is 2.27. The molecule has 1 fully saturated rings. The second kappa shape index (κ2) is 5.99. The minimum atomic E-state index is -3.74. The first-order chi connectivity index (χ1) is 11.0. The van der Waals surface area contributed by atoms with E-state index in [1.807, 2.05) is 0 Å². The molecule has 1 aliphatic rings. The molecule has 0 atom stereocenters. The van der Waals surface area contributed by atoms with Crippen LogP contribution in [0.15, 0.2) is 41.8 Å². The number of sulfone groups is 1. The highest BCUT2D eigenvalue weighted by Gasteiger charge is 2.27. The number of carbonyl (C=O) groups is 1. The Balaban J connectivity index is 1.83. The Morgan fingerprint density at radius 3 is 2.87 bits per heavy atom. The Labute approximate surface area is 132 Å². The molecule has 0 saturated carbocycles. The van der Waals surface area contributed by atoms with Crippen LogP contribution in [0.2, 0.25) is 0 Å². The molecule has 7 nitrogen and oxygen atoms in total. The molecule has 122 valence electrons. The molecular weight excluding hydrogens is 325 g/mol. The molecule has 0 N–H and O–H groups in total. The van der Waals surface area contributed by atoms with Crippen LogP contribution in [0.1, 0.15) is 0 Å². The van der Waals surface area contributed by atoms with E-state index in [-0.39, 0.29) is 24.1 Å². The van der Waals surface area contributed by atoms with E-state index in [1.165, 1.54) is 40.1 Å². The van der Waals surface area contributed by atoms with Gasteiger partial charge in [-0.2, -0.15) is 0 Å². The quantitative estimate of drug-likeness (QED) is 0.818. The lowest BCUT2D eigenvalue weighted by molar-refractivity contribution is 0.160. The minimum absolute atomic E-state index is 0.0250. The van der Waals surface area contributed by atoms with Crippen molar-refractivity contribution in [1.29, 1.82) is 0 Å². The lowest BCUT2D eigenvalue weighted by atomic mass is 10.3. The van der Waals surface area contributed by atoms with E-state index in [1.54, 1.807) is 6.07 Å². The van der Waals surface area contributed by atoms with Crippen molar-refractivity contribution < 1.29 is 22.3 Å². The number of halogens is 1. The predicted molar refractivity (Wildman–Crippen MR) is 78.5 cm³/mol. The van der Waals surface area contributed by atoms with Gasteiger partial charge >= 0.3 is 6.09 Å². The fraction of sp³-hybridized carbons (Fsp3) is 0.286. The van der Waals surface area contributed by atoms with E-state index in [0.29, 0.717) is 12.2 Å². The third-order valence-corrected chi connectivity index (χ3v) is 5.02. The molecule has 1 aromatic carbocycles. The van der Waals surface area contributed by atoms with Crippen molar-refractivity contribution in [3.63, 3.8) is 0 Å². The number of benzene rings is 1. The van der Waals surface area contributed by atoms with Gasteiger partial charge in [0.1, 0.15) is 12.4 Å². The van der Waals surface area contributed by atoms with Crippen LogP contribution in [-0.2, 0) is 14.6 Å². The number of ether oxygens (including phenoxy) is 1. The molecule has 3 rings (SSSR count). The van der Waals surface area contributed by atoms with E-state index >= 15 is 0 Å². The third kappa shape index (κ3) is 3.19. The Morgan fingerprint density at radius 2 is 2.17 bits per heavy atom. The van der Waals surface area contributed by atoms with E-state index in [9.17, 15) is 17.6 Å². The Morgan fingerprint density at radius 1 is 1.35 bits per heavy atom. The molecular formula is C14H14FN3O4S. The summed E-state index contributed by atoms with van der Waals surface area (Å²) in [7, 11) is -3.74. The second-order valence-corrected chi connectivity index (χ2v) is 6.98. The Bertz CT molecular complexity index is 834. The van der Waals surface area contributed by atoms with Crippen molar-refractivity contribution >= 4 is 15.9 Å². The lowest BCUT2D eigenvalue weighted by Gasteiger charge is -2.13. The highest BCUT2D eigenvalue weighted by Crippen LogP contribution is 2.17. The van der Waals surface area contributed by atoms with Crippen molar-refractivity contribution in [3.8, 4) is 5.69 Å². The first kappa shape index (κ1) is 15.5. The average molecular weight is 339 g/mol. The van der Waals surface area contributed by atoms with Crippen LogP contribution >= 0.6 is 0 Å². The number of hydrogen-bond donors (Lipinski definition) is 0. The smallest absolute Gasteiger partial charge is 0.409 e. The number of nitrogens with zero attached hydrogens (tertiary/aromatic N) is 3. The van der Waals surface area contributed by atoms with Gasteiger partial charge in [0.2, 0.25) is 15.0 Å². The van der Waals surface area contributed by atoms with Gasteiger partial charge in [0.25, 0.3) is 0 Å². The molecule has 23 heavy (non-hydrogen) atoms. The number of rotatable bonds is 5. The van der Waals surface area contributed by atoms with Gasteiger partial charge in [0.05, 0.1) is 18.0 Å². The summed E-state index contributed by atoms with van der Waals surface area (Å²) < 4.78 is 44.4. The normalized spacial score (nSPS) is 15.0. The standard InChI is InChI=1S/C14H14FN3O4S/c15-11-2-1-3-12(10-11)18-5-4-16-13(18)23(20,21)9-7-17-6-8-22-14(17)19/h1-5,10H,6-9H2. The summed E-state index contributed by atoms with van der Waals surface area (Å²) in [6.45, 7) is 0.653. The Hall–Kier alpha value is -2.42. The molecule has 1 amide bonds. The van der Waals surface area contributed by atoms with E-state index < -0.39 is 21.7 Å². The maximum Gasteiger partial charge on any atom is 0.409 e. The summed E-state index contributed by atoms with van der Waals surface area (Å²) >= 11 is 0. The first-order valence-corrected chi connectivity index (χ1v) is 8.56. The van der Waals surface area contributed by atoms with Crippen LogP contribution in [0.25, 0.3) is 5.69 Å². The average Bonchev–Trinajstić information content (AvgIpc) is 3.14. The molecule has 0 unspecified atom stereocenters. The van der Waals surface area contributed by atoms with Gasteiger partial charge in [-0.05, 0) is 18.2 Å². The van der Waals surface area contributed by atoms with Gasteiger partial charge in [-0.3, -0.25) is 4.57 Å². The van der Waals surface area contributed by atoms with E-state index in [0.717, 1.165) is 0 Å². The molecule has 0 spiro atoms. The SMILES string of the molecule is O=C1OCCN1CCS(=O)(=O)c1nccn1-c1cccc(F)c1. The van der Waals surface area contributed by atoms with Crippen LogP contribution in [0.5, 0.6) is 0 Å². The predicted octanol–water partition coefficient (Wildman–Crippen LogP) is 1.24. The number of amides is 1. The lowest BCUT2D eigenvalue weighted by Crippen LogP contribution is -2.30. The topological polar surface area (TPSA) is 81.5 Å². The van der Waals surface area contributed by atoms with Gasteiger partial charge in [0.15, 0.2) is 0 Å². The van der Waals surface area contributed by atoms with Crippen LogP contribution in [0, 0.1) is 5.82 Å². The number of carbonyl (C=O) groups excluding carboxylic acids is 1. The number of imidazole rings is 1. The summed E-state index contributed by atoms with van der Waals surface area (Å²) in [5.41, 5.74) is 0.363. The van der Waals surface area contributed by atoms with Gasteiger partial charge in [-0.15, -0.1) is 0 Å². The first-order valence-electron chi connectivity index (χ1n) is 6.91. The number of cyclic esters (lactones) is 1. The van der Waals surface area contributed by atoms with E-state index in [4.69, 9.17) is 4.74 Å². The number of hydrogen-bond acceptors (Lipinski definition) is 5. The maximum absolute atomic E-state index is 13.3. The van der Waals surface area contributed by atoms with Crippen molar-refractivity contribution in [3.05, 3.63) is 42.5 Å². The van der Waals surface area contributed by atoms with Crippen LogP contribution in [0.4, 0.5) is 9.18 Å². The Kier molecular flexibility index (Phi) is 4.03. The maximum atomic E-state index is 13.3. The third-order valence-electron chi connectivity index (χ3n) is 3.45. The van der Waals surface area contributed by atoms with Gasteiger partial charge in [-0.1, -0.05) is 6.07 Å². The highest BCUT2D eigenvalue weighted by molar-refractivity contribution is 7.91. The van der Waals surface area contributed by atoms with Crippen molar-refractivity contribution in [2.24, 2.45) is 0 Å². The molecule has 0 radical (unpaired) electrons. The second-order valence-electron chi connectivity index (χ2n) is 4.98. The molecule has 2 heterocycles. The largest absolute Gasteiger partial charge is 0.448 e.